The van der Waals surface area contributed by atoms with Gasteiger partial charge in [0.2, 0.25) is 0 Å². The number of rotatable bonds is 3. The fraction of sp³-hybridized carbons (Fsp3) is 0.647. The third-order valence-electron chi connectivity index (χ3n) is 4.18. The third-order valence-corrected chi connectivity index (χ3v) is 4.18. The van der Waals surface area contributed by atoms with E-state index in [2.05, 4.69) is 52.1 Å². The Bertz CT molecular complexity index is 397. The van der Waals surface area contributed by atoms with Crippen molar-refractivity contribution in [2.75, 3.05) is 6.54 Å². The predicted octanol–water partition coefficient (Wildman–Crippen LogP) is 4.10. The highest BCUT2D eigenvalue weighted by atomic mass is 14.9. The van der Waals surface area contributed by atoms with Crippen LogP contribution in [0.4, 0.5) is 0 Å². The molecule has 1 aliphatic rings. The number of aryl methyl sites for hydroxylation is 3. The normalized spacial score (nSPS) is 23.9. The monoisotopic (exact) mass is 245 g/mol. The molecule has 1 fully saturated rings. The third kappa shape index (κ3) is 2.77. The molecule has 0 aliphatic carbocycles. The van der Waals surface area contributed by atoms with Crippen molar-refractivity contribution in [3.63, 3.8) is 0 Å². The summed E-state index contributed by atoms with van der Waals surface area (Å²) in [4.78, 5) is 0. The average Bonchev–Trinajstić information content (AvgIpc) is 2.63. The molecule has 0 radical (unpaired) electrons. The molecule has 2 unspecified atom stereocenters. The van der Waals surface area contributed by atoms with Crippen LogP contribution in [-0.4, -0.2) is 12.6 Å². The molecular weight excluding hydrogens is 218 g/mol. The highest BCUT2D eigenvalue weighted by molar-refractivity contribution is 5.41. The van der Waals surface area contributed by atoms with Crippen molar-refractivity contribution in [1.29, 1.82) is 0 Å². The molecule has 0 amide bonds. The predicted molar refractivity (Wildman–Crippen MR) is 79.3 cm³/mol. The van der Waals surface area contributed by atoms with Crippen molar-refractivity contribution >= 4 is 0 Å². The lowest BCUT2D eigenvalue weighted by Crippen LogP contribution is -2.28. The van der Waals surface area contributed by atoms with Gasteiger partial charge >= 0.3 is 0 Å². The minimum atomic E-state index is 0.671. The first kappa shape index (κ1) is 13.6. The molecule has 0 bridgehead atoms. The van der Waals surface area contributed by atoms with E-state index in [1.54, 1.807) is 5.56 Å². The molecule has 1 aromatic rings. The van der Waals surface area contributed by atoms with Gasteiger partial charge in [0, 0.05) is 12.0 Å². The van der Waals surface area contributed by atoms with Gasteiger partial charge in [-0.15, -0.1) is 0 Å². The minimum Gasteiger partial charge on any atom is -0.313 e. The van der Waals surface area contributed by atoms with Crippen LogP contribution in [0.25, 0.3) is 0 Å². The minimum absolute atomic E-state index is 0.671. The van der Waals surface area contributed by atoms with Crippen LogP contribution in [0.3, 0.4) is 0 Å². The number of hydrogen-bond donors (Lipinski definition) is 1. The maximum atomic E-state index is 3.71. The number of benzene rings is 1. The smallest absolute Gasteiger partial charge is 0.0139 e. The van der Waals surface area contributed by atoms with E-state index >= 15 is 0 Å². The molecule has 0 aromatic heterocycles. The maximum absolute atomic E-state index is 3.71. The zero-order valence-corrected chi connectivity index (χ0v) is 12.5. The standard InChI is InChI=1S/C17H27N/c1-11(2)8-16-15(6-7-18-16)17-13(4)9-12(3)10-14(17)5/h9-11,15-16,18H,6-8H2,1-5H3. The van der Waals surface area contributed by atoms with Gasteiger partial charge in [-0.2, -0.15) is 0 Å². The lowest BCUT2D eigenvalue weighted by molar-refractivity contribution is 0.432. The summed E-state index contributed by atoms with van der Waals surface area (Å²) in [6.07, 6.45) is 2.58. The summed E-state index contributed by atoms with van der Waals surface area (Å²) in [6.45, 7) is 12.6. The van der Waals surface area contributed by atoms with Crippen molar-refractivity contribution in [2.24, 2.45) is 5.92 Å². The summed E-state index contributed by atoms with van der Waals surface area (Å²) < 4.78 is 0. The van der Waals surface area contributed by atoms with Gasteiger partial charge in [0.25, 0.3) is 0 Å². The maximum Gasteiger partial charge on any atom is 0.0139 e. The van der Waals surface area contributed by atoms with Crippen LogP contribution in [0.2, 0.25) is 0 Å². The van der Waals surface area contributed by atoms with E-state index in [4.69, 9.17) is 0 Å². The van der Waals surface area contributed by atoms with Crippen LogP contribution >= 0.6 is 0 Å². The summed E-state index contributed by atoms with van der Waals surface area (Å²) in [6, 6.07) is 5.35. The largest absolute Gasteiger partial charge is 0.313 e. The topological polar surface area (TPSA) is 12.0 Å². The van der Waals surface area contributed by atoms with Crippen molar-refractivity contribution in [2.45, 2.75) is 59.4 Å². The summed E-state index contributed by atoms with van der Waals surface area (Å²) >= 11 is 0. The van der Waals surface area contributed by atoms with E-state index in [9.17, 15) is 0 Å². The van der Waals surface area contributed by atoms with Crippen LogP contribution in [0.15, 0.2) is 12.1 Å². The van der Waals surface area contributed by atoms with Crippen LogP contribution in [0.5, 0.6) is 0 Å². The lowest BCUT2D eigenvalue weighted by Gasteiger charge is -2.25. The fourth-order valence-electron chi connectivity index (χ4n) is 3.64. The average molecular weight is 245 g/mol. The molecule has 1 nitrogen and oxygen atoms in total. The summed E-state index contributed by atoms with van der Waals surface area (Å²) in [7, 11) is 0. The Morgan fingerprint density at radius 3 is 2.33 bits per heavy atom. The molecule has 100 valence electrons. The van der Waals surface area contributed by atoms with Gasteiger partial charge in [0.05, 0.1) is 0 Å². The van der Waals surface area contributed by atoms with Crippen molar-refractivity contribution < 1.29 is 0 Å². The lowest BCUT2D eigenvalue weighted by atomic mass is 9.82. The van der Waals surface area contributed by atoms with E-state index in [0.29, 0.717) is 12.0 Å². The van der Waals surface area contributed by atoms with Crippen molar-refractivity contribution in [3.8, 4) is 0 Å². The fourth-order valence-corrected chi connectivity index (χ4v) is 3.64. The van der Waals surface area contributed by atoms with E-state index in [1.807, 2.05) is 0 Å². The number of hydrogen-bond acceptors (Lipinski definition) is 1. The second-order valence-electron chi connectivity index (χ2n) is 6.40. The quantitative estimate of drug-likeness (QED) is 0.845. The van der Waals surface area contributed by atoms with Crippen LogP contribution in [-0.2, 0) is 0 Å². The Hall–Kier alpha value is -0.820. The zero-order chi connectivity index (χ0) is 13.3. The molecule has 0 saturated carbocycles. The Kier molecular flexibility index (Phi) is 4.11. The van der Waals surface area contributed by atoms with Gasteiger partial charge in [-0.05, 0) is 62.8 Å². The van der Waals surface area contributed by atoms with Gasteiger partial charge in [-0.25, -0.2) is 0 Å². The first-order valence-corrected chi connectivity index (χ1v) is 7.30. The SMILES string of the molecule is Cc1cc(C)c(C2CCNC2CC(C)C)c(C)c1. The molecular formula is C17H27N. The first-order chi connectivity index (χ1) is 8.49. The summed E-state index contributed by atoms with van der Waals surface area (Å²) in [5, 5.41) is 3.71. The molecule has 1 aliphatic heterocycles. The summed E-state index contributed by atoms with van der Waals surface area (Å²) in [5.41, 5.74) is 5.96. The van der Waals surface area contributed by atoms with Crippen molar-refractivity contribution in [1.82, 2.24) is 5.32 Å². The molecule has 1 heteroatoms. The van der Waals surface area contributed by atoms with Gasteiger partial charge in [0.15, 0.2) is 0 Å². The van der Waals surface area contributed by atoms with Gasteiger partial charge < -0.3 is 5.32 Å². The molecule has 0 spiro atoms. The second kappa shape index (κ2) is 5.44. The molecule has 2 atom stereocenters. The summed E-state index contributed by atoms with van der Waals surface area (Å²) in [5.74, 6) is 1.49. The number of nitrogens with one attached hydrogen (secondary N) is 1. The molecule has 1 saturated heterocycles. The van der Waals surface area contributed by atoms with E-state index in [0.717, 1.165) is 5.92 Å². The van der Waals surface area contributed by atoms with Gasteiger partial charge in [0.1, 0.15) is 0 Å². The van der Waals surface area contributed by atoms with E-state index in [-0.39, 0.29) is 0 Å². The highest BCUT2D eigenvalue weighted by Crippen LogP contribution is 2.35. The van der Waals surface area contributed by atoms with Gasteiger partial charge in [-0.1, -0.05) is 31.5 Å². The van der Waals surface area contributed by atoms with Crippen LogP contribution in [0.1, 0.15) is 54.9 Å². The van der Waals surface area contributed by atoms with Crippen LogP contribution < -0.4 is 5.32 Å². The first-order valence-electron chi connectivity index (χ1n) is 7.30. The Balaban J connectivity index is 2.30. The zero-order valence-electron chi connectivity index (χ0n) is 12.5. The van der Waals surface area contributed by atoms with Crippen LogP contribution in [0, 0.1) is 26.7 Å². The molecule has 1 heterocycles. The highest BCUT2D eigenvalue weighted by Gasteiger charge is 2.30. The molecule has 18 heavy (non-hydrogen) atoms. The molecule has 2 rings (SSSR count). The van der Waals surface area contributed by atoms with Crippen molar-refractivity contribution in [3.05, 3.63) is 34.4 Å². The Labute approximate surface area is 112 Å². The second-order valence-corrected chi connectivity index (χ2v) is 6.40. The Morgan fingerprint density at radius 1 is 1.17 bits per heavy atom. The molecule has 1 aromatic carbocycles. The van der Waals surface area contributed by atoms with E-state index in [1.165, 1.54) is 36.1 Å². The van der Waals surface area contributed by atoms with Gasteiger partial charge in [-0.3, -0.25) is 0 Å². The molecule has 1 N–H and O–H groups in total. The van der Waals surface area contributed by atoms with E-state index < -0.39 is 0 Å². The Morgan fingerprint density at radius 2 is 1.78 bits per heavy atom.